The molecule has 1 aromatic rings. The highest BCUT2D eigenvalue weighted by molar-refractivity contribution is 6.01. The maximum Gasteiger partial charge on any atom is 0.335 e. The number of urea groups is 1. The van der Waals surface area contributed by atoms with E-state index in [-0.39, 0.29) is 11.9 Å². The number of rotatable bonds is 4. The molecule has 0 bridgehead atoms. The van der Waals surface area contributed by atoms with Crippen LogP contribution in [0.15, 0.2) is 29.4 Å². The number of carbonyl (C=O) groups excluding carboxylic acids is 2. The Morgan fingerprint density at radius 3 is 2.90 bits per heavy atom. The third kappa shape index (κ3) is 3.81. The van der Waals surface area contributed by atoms with Crippen LogP contribution in [0.25, 0.3) is 0 Å². The lowest BCUT2D eigenvalue weighted by Gasteiger charge is -2.16. The topological polar surface area (TPSA) is 73.8 Å². The smallest absolute Gasteiger partial charge is 0.335 e. The number of anilines is 1. The van der Waals surface area contributed by atoms with Gasteiger partial charge in [-0.1, -0.05) is 12.1 Å². The van der Waals surface area contributed by atoms with Gasteiger partial charge in [0.25, 0.3) is 0 Å². The van der Waals surface area contributed by atoms with E-state index in [1.807, 2.05) is 38.1 Å². The molecule has 2 N–H and O–H groups in total. The third-order valence-corrected chi connectivity index (χ3v) is 3.31. The summed E-state index contributed by atoms with van der Waals surface area (Å²) in [6, 6.07) is 7.30. The number of benzene rings is 1. The molecule has 0 saturated carbocycles. The largest absolute Gasteiger partial charge is 0.337 e. The third-order valence-electron chi connectivity index (χ3n) is 3.31. The minimum Gasteiger partial charge on any atom is -0.337 e. The van der Waals surface area contributed by atoms with Crippen molar-refractivity contribution in [2.75, 3.05) is 18.0 Å². The van der Waals surface area contributed by atoms with Crippen LogP contribution < -0.4 is 15.6 Å². The average molecular weight is 288 g/mol. The molecule has 112 valence electrons. The van der Waals surface area contributed by atoms with Crippen molar-refractivity contribution in [1.82, 2.24) is 10.7 Å². The Bertz CT molecular complexity index is 569. The van der Waals surface area contributed by atoms with Gasteiger partial charge in [-0.15, -0.1) is 0 Å². The predicted molar refractivity (Wildman–Crippen MR) is 82.4 cm³/mol. The zero-order chi connectivity index (χ0) is 15.2. The summed E-state index contributed by atoms with van der Waals surface area (Å²) in [7, 11) is 0. The molecule has 3 amide bonds. The molecule has 0 aliphatic carbocycles. The Hall–Kier alpha value is -2.37. The number of hydrazone groups is 1. The second-order valence-electron chi connectivity index (χ2n) is 4.87. The molecule has 1 aliphatic rings. The minimum absolute atomic E-state index is 0.155. The van der Waals surface area contributed by atoms with Crippen LogP contribution >= 0.6 is 0 Å². The van der Waals surface area contributed by atoms with E-state index in [2.05, 4.69) is 15.8 Å². The lowest BCUT2D eigenvalue weighted by Crippen LogP contribution is -2.32. The summed E-state index contributed by atoms with van der Waals surface area (Å²) in [6.45, 7) is 4.96. The van der Waals surface area contributed by atoms with Gasteiger partial charge >= 0.3 is 6.03 Å². The van der Waals surface area contributed by atoms with Gasteiger partial charge in [-0.2, -0.15) is 5.10 Å². The van der Waals surface area contributed by atoms with Crippen LogP contribution in [-0.4, -0.2) is 30.7 Å². The van der Waals surface area contributed by atoms with Gasteiger partial charge in [0.2, 0.25) is 5.91 Å². The average Bonchev–Trinajstić information content (AvgIpc) is 2.91. The zero-order valence-corrected chi connectivity index (χ0v) is 12.3. The second kappa shape index (κ2) is 6.88. The molecule has 0 spiro atoms. The van der Waals surface area contributed by atoms with Gasteiger partial charge in [-0.25, -0.2) is 10.2 Å². The van der Waals surface area contributed by atoms with Gasteiger partial charge in [0, 0.05) is 25.2 Å². The van der Waals surface area contributed by atoms with Crippen LogP contribution in [0.3, 0.4) is 0 Å². The lowest BCUT2D eigenvalue weighted by atomic mass is 10.1. The first-order valence-corrected chi connectivity index (χ1v) is 7.10. The number of amides is 3. The number of hydrogen-bond donors (Lipinski definition) is 2. The lowest BCUT2D eigenvalue weighted by molar-refractivity contribution is -0.117. The Labute approximate surface area is 124 Å². The fourth-order valence-corrected chi connectivity index (χ4v) is 2.22. The maximum absolute atomic E-state index is 11.8. The quantitative estimate of drug-likeness (QED) is 0.655. The summed E-state index contributed by atoms with van der Waals surface area (Å²) in [5.41, 5.74) is 4.88. The molecular formula is C15H20N4O2. The predicted octanol–water partition coefficient (Wildman–Crippen LogP) is 1.86. The highest BCUT2D eigenvalue weighted by Gasteiger charge is 2.21. The van der Waals surface area contributed by atoms with E-state index >= 15 is 0 Å². The standard InChI is InChI=1S/C15H20N4O2/c1-3-16-15(21)18-17-11(2)12-6-4-7-13(10-12)19-9-5-8-14(19)20/h4,6-7,10H,3,5,8-9H2,1-2H3,(H2,16,18,21). The first kappa shape index (κ1) is 15.0. The Morgan fingerprint density at radius 1 is 1.43 bits per heavy atom. The molecule has 1 heterocycles. The molecule has 1 aromatic carbocycles. The number of nitrogens with zero attached hydrogens (tertiary/aromatic N) is 2. The molecule has 1 saturated heterocycles. The number of carbonyl (C=O) groups is 2. The van der Waals surface area contributed by atoms with Crippen LogP contribution in [0.1, 0.15) is 32.3 Å². The van der Waals surface area contributed by atoms with E-state index in [0.29, 0.717) is 18.7 Å². The summed E-state index contributed by atoms with van der Waals surface area (Å²) in [4.78, 5) is 24.9. The fourth-order valence-electron chi connectivity index (χ4n) is 2.22. The highest BCUT2D eigenvalue weighted by atomic mass is 16.2. The monoisotopic (exact) mass is 288 g/mol. The van der Waals surface area contributed by atoms with E-state index in [1.54, 1.807) is 4.90 Å². The molecule has 2 rings (SSSR count). The molecule has 0 atom stereocenters. The second-order valence-corrected chi connectivity index (χ2v) is 4.87. The Kier molecular flexibility index (Phi) is 4.92. The highest BCUT2D eigenvalue weighted by Crippen LogP contribution is 2.22. The molecule has 1 fully saturated rings. The SMILES string of the molecule is CCNC(=O)NN=C(C)c1cccc(N2CCCC2=O)c1. The van der Waals surface area contributed by atoms with Gasteiger partial charge < -0.3 is 10.2 Å². The molecule has 6 nitrogen and oxygen atoms in total. The van der Waals surface area contributed by atoms with Crippen molar-refractivity contribution in [1.29, 1.82) is 0 Å². The summed E-state index contributed by atoms with van der Waals surface area (Å²) < 4.78 is 0. The van der Waals surface area contributed by atoms with Gasteiger partial charge in [0.15, 0.2) is 0 Å². The van der Waals surface area contributed by atoms with E-state index in [9.17, 15) is 9.59 Å². The van der Waals surface area contributed by atoms with Crippen molar-refractivity contribution in [3.8, 4) is 0 Å². The zero-order valence-electron chi connectivity index (χ0n) is 12.3. The van der Waals surface area contributed by atoms with Crippen molar-refractivity contribution in [3.05, 3.63) is 29.8 Å². The fraction of sp³-hybridized carbons (Fsp3) is 0.400. The molecular weight excluding hydrogens is 268 g/mol. The normalized spacial score (nSPS) is 15.2. The van der Waals surface area contributed by atoms with Crippen LogP contribution in [0.4, 0.5) is 10.5 Å². The summed E-state index contributed by atoms with van der Waals surface area (Å²) in [6.07, 6.45) is 1.50. The molecule has 0 aromatic heterocycles. The van der Waals surface area contributed by atoms with Crippen LogP contribution in [-0.2, 0) is 4.79 Å². The van der Waals surface area contributed by atoms with Crippen LogP contribution in [0.2, 0.25) is 0 Å². The van der Waals surface area contributed by atoms with Crippen molar-refractivity contribution < 1.29 is 9.59 Å². The van der Waals surface area contributed by atoms with Gasteiger partial charge in [-0.05, 0) is 38.0 Å². The first-order valence-electron chi connectivity index (χ1n) is 7.10. The molecule has 0 radical (unpaired) electrons. The Morgan fingerprint density at radius 2 is 2.24 bits per heavy atom. The summed E-state index contributed by atoms with van der Waals surface area (Å²) in [5.74, 6) is 0.155. The minimum atomic E-state index is -0.331. The van der Waals surface area contributed by atoms with Gasteiger partial charge in [0.05, 0.1) is 5.71 Å². The van der Waals surface area contributed by atoms with Crippen LogP contribution in [0, 0.1) is 0 Å². The van der Waals surface area contributed by atoms with Crippen molar-refractivity contribution in [3.63, 3.8) is 0 Å². The number of hydrogen-bond acceptors (Lipinski definition) is 3. The summed E-state index contributed by atoms with van der Waals surface area (Å²) >= 11 is 0. The first-order chi connectivity index (χ1) is 10.1. The maximum atomic E-state index is 11.8. The van der Waals surface area contributed by atoms with Gasteiger partial charge in [0.1, 0.15) is 0 Å². The van der Waals surface area contributed by atoms with Crippen molar-refractivity contribution in [2.24, 2.45) is 5.10 Å². The van der Waals surface area contributed by atoms with E-state index in [1.165, 1.54) is 0 Å². The summed E-state index contributed by atoms with van der Waals surface area (Å²) in [5, 5.41) is 6.66. The van der Waals surface area contributed by atoms with E-state index in [4.69, 9.17) is 0 Å². The molecule has 0 unspecified atom stereocenters. The molecule has 1 aliphatic heterocycles. The number of nitrogens with one attached hydrogen (secondary N) is 2. The van der Waals surface area contributed by atoms with E-state index < -0.39 is 0 Å². The molecule has 6 heteroatoms. The van der Waals surface area contributed by atoms with E-state index in [0.717, 1.165) is 24.2 Å². The Balaban J connectivity index is 2.11. The van der Waals surface area contributed by atoms with Crippen LogP contribution in [0.5, 0.6) is 0 Å². The molecule has 21 heavy (non-hydrogen) atoms. The van der Waals surface area contributed by atoms with Crippen molar-refractivity contribution in [2.45, 2.75) is 26.7 Å². The van der Waals surface area contributed by atoms with Crippen molar-refractivity contribution >= 4 is 23.3 Å². The van der Waals surface area contributed by atoms with Gasteiger partial charge in [-0.3, -0.25) is 4.79 Å².